The van der Waals surface area contributed by atoms with Crippen LogP contribution in [0.3, 0.4) is 0 Å². The van der Waals surface area contributed by atoms with Gasteiger partial charge in [-0.05, 0) is 62.5 Å². The number of aliphatic hydroxyl groups excluding tert-OH is 1. The van der Waals surface area contributed by atoms with Gasteiger partial charge >= 0.3 is 17.9 Å². The summed E-state index contributed by atoms with van der Waals surface area (Å²) in [5.41, 5.74) is -2.96. The summed E-state index contributed by atoms with van der Waals surface area (Å²) in [6.45, 7) is 6.07. The van der Waals surface area contributed by atoms with Crippen molar-refractivity contribution in [2.24, 2.45) is 28.6 Å². The lowest BCUT2D eigenvalue weighted by molar-refractivity contribution is -0.757. The van der Waals surface area contributed by atoms with Gasteiger partial charge in [0.15, 0.2) is 18.0 Å². The SMILES string of the molecule is CCC(=O)O[C@@]1(C(=O)COC(=O)CC(NC(=O)CCCCCO[N+](=O)[O-])C(=O)O)[C@@H](C)C[C@H]2[C@@H]3CCC4=CC(=O)C=C[C@]4(C)[C@@]3(Cl)[C@@H](O)C[C@@]21C. The number of amides is 1. The average molecular weight is 739 g/mol. The van der Waals surface area contributed by atoms with Crippen LogP contribution in [0.15, 0.2) is 23.8 Å². The van der Waals surface area contributed by atoms with Crippen LogP contribution in [0, 0.1) is 38.7 Å². The molecule has 282 valence electrons. The second-order valence-electron chi connectivity index (χ2n) is 14.6. The van der Waals surface area contributed by atoms with E-state index in [4.69, 9.17) is 21.1 Å². The maximum absolute atomic E-state index is 14.3. The highest BCUT2D eigenvalue weighted by molar-refractivity contribution is 6.26. The lowest BCUT2D eigenvalue weighted by Crippen LogP contribution is -2.69. The van der Waals surface area contributed by atoms with Crippen molar-refractivity contribution < 1.29 is 58.4 Å². The largest absolute Gasteiger partial charge is 0.480 e. The van der Waals surface area contributed by atoms with Crippen LogP contribution in [0.25, 0.3) is 0 Å². The van der Waals surface area contributed by atoms with Crippen molar-refractivity contribution in [3.8, 4) is 0 Å². The predicted octanol–water partition coefficient (Wildman–Crippen LogP) is 3.41. The molecule has 4 aliphatic rings. The van der Waals surface area contributed by atoms with Crippen molar-refractivity contribution in [3.63, 3.8) is 0 Å². The molecule has 0 bridgehead atoms. The molecule has 0 radical (unpaired) electrons. The Bertz CT molecular complexity index is 1510. The number of halogens is 1. The molecule has 3 saturated carbocycles. The number of unbranched alkanes of at least 4 members (excludes halogenated alkanes) is 2. The van der Waals surface area contributed by atoms with E-state index in [1.165, 1.54) is 6.08 Å². The van der Waals surface area contributed by atoms with E-state index in [0.29, 0.717) is 38.5 Å². The minimum absolute atomic E-state index is 0.0286. The Morgan fingerprint density at radius 2 is 1.84 bits per heavy atom. The summed E-state index contributed by atoms with van der Waals surface area (Å²) in [7, 11) is 0. The third-order valence-electron chi connectivity index (χ3n) is 11.8. The fraction of sp³-hybridized carbons (Fsp3) is 0.714. The molecular weight excluding hydrogens is 692 g/mol. The average Bonchev–Trinajstić information content (AvgIpc) is 3.27. The molecule has 0 spiro atoms. The number of Topliss-reactive ketones (excluding diaryl/α,β-unsaturated/α-hetero) is 1. The van der Waals surface area contributed by atoms with Gasteiger partial charge in [-0.2, -0.15) is 0 Å². The van der Waals surface area contributed by atoms with Crippen molar-refractivity contribution in [2.45, 2.75) is 115 Å². The number of nitrogens with one attached hydrogen (secondary N) is 1. The molecule has 0 aromatic carbocycles. The van der Waals surface area contributed by atoms with Crippen LogP contribution in [-0.2, 0) is 43.1 Å². The van der Waals surface area contributed by atoms with E-state index in [-0.39, 0.29) is 43.5 Å². The van der Waals surface area contributed by atoms with Crippen molar-refractivity contribution in [3.05, 3.63) is 33.9 Å². The molecular formula is C35H47ClN2O13. The molecule has 0 heterocycles. The van der Waals surface area contributed by atoms with E-state index < -0.39 is 87.1 Å². The third kappa shape index (κ3) is 7.28. The maximum atomic E-state index is 14.3. The van der Waals surface area contributed by atoms with Crippen molar-refractivity contribution in [2.75, 3.05) is 13.2 Å². The zero-order chi connectivity index (χ0) is 37.9. The number of aliphatic hydroxyl groups is 1. The van der Waals surface area contributed by atoms with E-state index in [0.717, 1.165) is 5.57 Å². The first-order valence-corrected chi connectivity index (χ1v) is 17.8. The minimum Gasteiger partial charge on any atom is -0.480 e. The number of ether oxygens (including phenoxy) is 2. The van der Waals surface area contributed by atoms with Crippen molar-refractivity contribution in [1.82, 2.24) is 5.32 Å². The topological polar surface area (TPSA) is 226 Å². The zero-order valence-electron chi connectivity index (χ0n) is 29.3. The lowest BCUT2D eigenvalue weighted by Gasteiger charge is -2.64. The van der Waals surface area contributed by atoms with Gasteiger partial charge in [-0.15, -0.1) is 21.7 Å². The zero-order valence-corrected chi connectivity index (χ0v) is 30.1. The quantitative estimate of drug-likeness (QED) is 0.0679. The number of hydrogen-bond acceptors (Lipinski definition) is 12. The van der Waals surface area contributed by atoms with Crippen LogP contribution in [-0.4, -0.2) is 86.5 Å². The summed E-state index contributed by atoms with van der Waals surface area (Å²) in [6.07, 6.45) is 5.13. The Balaban J connectivity index is 1.49. The lowest BCUT2D eigenvalue weighted by atomic mass is 9.45. The number of ketones is 2. The van der Waals surface area contributed by atoms with E-state index in [1.54, 1.807) is 32.9 Å². The van der Waals surface area contributed by atoms with Gasteiger partial charge in [0.1, 0.15) is 6.04 Å². The molecule has 0 aliphatic heterocycles. The molecule has 3 fully saturated rings. The van der Waals surface area contributed by atoms with Crippen molar-refractivity contribution in [1.29, 1.82) is 0 Å². The summed E-state index contributed by atoms with van der Waals surface area (Å²) in [5.74, 6) is -6.01. The highest BCUT2D eigenvalue weighted by Crippen LogP contribution is 2.72. The number of aliphatic carboxylic acids is 1. The molecule has 0 aromatic rings. The molecule has 51 heavy (non-hydrogen) atoms. The molecule has 3 N–H and O–H groups in total. The minimum atomic E-state index is -1.81. The van der Waals surface area contributed by atoms with Crippen LogP contribution in [0.4, 0.5) is 0 Å². The Morgan fingerprint density at radius 3 is 2.49 bits per heavy atom. The Kier molecular flexibility index (Phi) is 12.1. The number of nitrogens with zero attached hydrogens (tertiary/aromatic N) is 1. The van der Waals surface area contributed by atoms with Gasteiger partial charge in [-0.25, -0.2) is 4.79 Å². The first-order chi connectivity index (χ1) is 23.9. The number of hydrogen-bond donors (Lipinski definition) is 3. The molecule has 1 amide bonds. The van der Waals surface area contributed by atoms with Gasteiger partial charge in [0.25, 0.3) is 5.09 Å². The number of alkyl halides is 1. The Labute approximate surface area is 300 Å². The molecule has 1 unspecified atom stereocenters. The number of carboxylic acids is 1. The second-order valence-corrected chi connectivity index (χ2v) is 15.2. The Morgan fingerprint density at radius 1 is 1.14 bits per heavy atom. The smallest absolute Gasteiger partial charge is 0.326 e. The van der Waals surface area contributed by atoms with Gasteiger partial charge in [0.2, 0.25) is 11.7 Å². The number of carboxylic acid groups (broad SMARTS) is 1. The van der Waals surface area contributed by atoms with Crippen LogP contribution in [0.2, 0.25) is 0 Å². The van der Waals surface area contributed by atoms with Gasteiger partial charge < -0.3 is 29.8 Å². The summed E-state index contributed by atoms with van der Waals surface area (Å²) in [5, 5.41) is 33.1. The summed E-state index contributed by atoms with van der Waals surface area (Å²) < 4.78 is 11.4. The van der Waals surface area contributed by atoms with Crippen LogP contribution in [0.1, 0.15) is 91.9 Å². The normalized spacial score (nSPS) is 34.2. The number of esters is 2. The van der Waals surface area contributed by atoms with E-state index in [9.17, 15) is 49.1 Å². The summed E-state index contributed by atoms with van der Waals surface area (Å²) in [6, 6.07) is -1.65. The maximum Gasteiger partial charge on any atom is 0.326 e. The van der Waals surface area contributed by atoms with Crippen LogP contribution < -0.4 is 5.32 Å². The van der Waals surface area contributed by atoms with Crippen LogP contribution in [0.5, 0.6) is 0 Å². The van der Waals surface area contributed by atoms with E-state index in [1.807, 2.05) is 6.92 Å². The van der Waals surface area contributed by atoms with Gasteiger partial charge in [-0.3, -0.25) is 24.0 Å². The number of fused-ring (bicyclic) bond motifs is 5. The fourth-order valence-electron chi connectivity index (χ4n) is 9.30. The summed E-state index contributed by atoms with van der Waals surface area (Å²) >= 11 is 7.52. The van der Waals surface area contributed by atoms with E-state index in [2.05, 4.69) is 10.2 Å². The Hall–Kier alpha value is -3.85. The first kappa shape index (κ1) is 39.9. The molecule has 4 aliphatic carbocycles. The third-order valence-corrected chi connectivity index (χ3v) is 12.7. The molecule has 16 heteroatoms. The number of carbonyl (C=O) groups is 6. The second kappa shape index (κ2) is 15.4. The highest BCUT2D eigenvalue weighted by atomic mass is 35.5. The monoisotopic (exact) mass is 738 g/mol. The molecule has 0 aromatic heterocycles. The van der Waals surface area contributed by atoms with Crippen LogP contribution >= 0.6 is 11.6 Å². The number of rotatable bonds is 16. The molecule has 15 nitrogen and oxygen atoms in total. The number of allylic oxidation sites excluding steroid dienone is 4. The van der Waals surface area contributed by atoms with Gasteiger partial charge in [0, 0.05) is 29.6 Å². The molecule has 4 rings (SSSR count). The standard InChI is InChI=1S/C35H47ClN2O13/c1-5-29(43)51-35(27(41)19-49-30(44)17-25(31(45)46)37-28(42)9-7-6-8-14-50-38(47)48)20(2)15-24-23-11-10-21-16-22(39)12-13-32(21,3)34(23,36)26(40)18-33(24,35)4/h12-13,16,20,23-26,40H,5-11,14-15,17-19H2,1-4H3,(H,37,42)(H,45,46)/t20-,23-,24-,25?,26-,32-,33-,34-,35+/m0/s1. The predicted molar refractivity (Wildman–Crippen MR) is 178 cm³/mol. The fourth-order valence-corrected chi connectivity index (χ4v) is 9.82. The number of carbonyl (C=O) groups excluding carboxylic acids is 5. The molecule has 0 saturated heterocycles. The van der Waals surface area contributed by atoms with Crippen molar-refractivity contribution >= 4 is 47.0 Å². The van der Waals surface area contributed by atoms with Gasteiger partial charge in [0.05, 0.1) is 24.0 Å². The summed E-state index contributed by atoms with van der Waals surface area (Å²) in [4.78, 5) is 89.8. The van der Waals surface area contributed by atoms with E-state index >= 15 is 0 Å². The highest BCUT2D eigenvalue weighted by Gasteiger charge is 2.76. The van der Waals surface area contributed by atoms with Gasteiger partial charge in [-0.1, -0.05) is 45.8 Å². The first-order valence-electron chi connectivity index (χ1n) is 17.4. The molecule has 9 atom stereocenters.